The molecule has 0 aliphatic carbocycles. The Kier molecular flexibility index (Phi) is 7.01. The number of halogens is 1. The van der Waals surface area contributed by atoms with Gasteiger partial charge in [-0.3, -0.25) is 4.79 Å². The number of ether oxygens (including phenoxy) is 1. The SMILES string of the molecule is COc1cccc(C(NC(=O)CCSc2ccc(Cl)cc2)c2nccn2C)c1. The summed E-state index contributed by atoms with van der Waals surface area (Å²) in [7, 11) is 3.54. The summed E-state index contributed by atoms with van der Waals surface area (Å²) in [4.78, 5) is 18.1. The lowest BCUT2D eigenvalue weighted by atomic mass is 10.1. The zero-order valence-electron chi connectivity index (χ0n) is 15.8. The number of amides is 1. The summed E-state index contributed by atoms with van der Waals surface area (Å²) < 4.78 is 7.24. The molecule has 3 aromatic rings. The van der Waals surface area contributed by atoms with Gasteiger partial charge in [0.05, 0.1) is 7.11 Å². The van der Waals surface area contributed by atoms with Crippen molar-refractivity contribution in [3.05, 3.63) is 77.3 Å². The molecule has 7 heteroatoms. The van der Waals surface area contributed by atoms with Crippen LogP contribution in [-0.2, 0) is 11.8 Å². The zero-order chi connectivity index (χ0) is 19.9. The summed E-state index contributed by atoms with van der Waals surface area (Å²) in [5.74, 6) is 2.16. The molecule has 0 aliphatic rings. The molecular weight excluding hydrogens is 394 g/mol. The van der Waals surface area contributed by atoms with Gasteiger partial charge in [0, 0.05) is 41.5 Å². The number of aryl methyl sites for hydroxylation is 1. The van der Waals surface area contributed by atoms with Crippen LogP contribution < -0.4 is 10.1 Å². The van der Waals surface area contributed by atoms with Crippen LogP contribution in [0.4, 0.5) is 0 Å². The Hall–Kier alpha value is -2.44. The summed E-state index contributed by atoms with van der Waals surface area (Å²) in [6, 6.07) is 14.9. The average molecular weight is 416 g/mol. The molecule has 1 N–H and O–H groups in total. The predicted octanol–water partition coefficient (Wildman–Crippen LogP) is 4.47. The molecule has 146 valence electrons. The van der Waals surface area contributed by atoms with Gasteiger partial charge in [-0.05, 0) is 42.0 Å². The maximum Gasteiger partial charge on any atom is 0.221 e. The van der Waals surface area contributed by atoms with Crippen LogP contribution in [0.25, 0.3) is 0 Å². The van der Waals surface area contributed by atoms with Crippen molar-refractivity contribution in [3.63, 3.8) is 0 Å². The van der Waals surface area contributed by atoms with Crippen molar-refractivity contribution in [1.82, 2.24) is 14.9 Å². The summed E-state index contributed by atoms with van der Waals surface area (Å²) >= 11 is 7.53. The fourth-order valence-corrected chi connectivity index (χ4v) is 3.78. The van der Waals surface area contributed by atoms with Crippen molar-refractivity contribution in [2.24, 2.45) is 7.05 Å². The monoisotopic (exact) mass is 415 g/mol. The second kappa shape index (κ2) is 9.66. The van der Waals surface area contributed by atoms with E-state index in [4.69, 9.17) is 16.3 Å². The van der Waals surface area contributed by atoms with Crippen LogP contribution in [0.2, 0.25) is 5.02 Å². The first-order chi connectivity index (χ1) is 13.6. The van der Waals surface area contributed by atoms with Crippen LogP contribution in [0.5, 0.6) is 5.75 Å². The van der Waals surface area contributed by atoms with Crippen LogP contribution in [-0.4, -0.2) is 28.3 Å². The van der Waals surface area contributed by atoms with E-state index >= 15 is 0 Å². The molecule has 0 radical (unpaired) electrons. The number of hydrogen-bond donors (Lipinski definition) is 1. The average Bonchev–Trinajstić information content (AvgIpc) is 3.13. The molecule has 0 fully saturated rings. The van der Waals surface area contributed by atoms with E-state index in [-0.39, 0.29) is 11.9 Å². The van der Waals surface area contributed by atoms with Gasteiger partial charge in [-0.1, -0.05) is 23.7 Å². The quantitative estimate of drug-likeness (QED) is 0.551. The number of aromatic nitrogens is 2. The topological polar surface area (TPSA) is 56.1 Å². The summed E-state index contributed by atoms with van der Waals surface area (Å²) in [5, 5.41) is 3.82. The minimum atomic E-state index is -0.344. The molecule has 1 amide bonds. The number of imidazole rings is 1. The van der Waals surface area contributed by atoms with Gasteiger partial charge >= 0.3 is 0 Å². The third-order valence-electron chi connectivity index (χ3n) is 4.26. The van der Waals surface area contributed by atoms with Crippen molar-refractivity contribution in [1.29, 1.82) is 0 Å². The van der Waals surface area contributed by atoms with Crippen LogP contribution >= 0.6 is 23.4 Å². The van der Waals surface area contributed by atoms with E-state index in [0.717, 1.165) is 22.0 Å². The lowest BCUT2D eigenvalue weighted by Gasteiger charge is -2.19. The first-order valence-electron chi connectivity index (χ1n) is 8.85. The molecule has 2 aromatic carbocycles. The lowest BCUT2D eigenvalue weighted by molar-refractivity contribution is -0.121. The first kappa shape index (κ1) is 20.3. The number of benzene rings is 2. The van der Waals surface area contributed by atoms with E-state index in [2.05, 4.69) is 10.3 Å². The van der Waals surface area contributed by atoms with E-state index in [0.29, 0.717) is 17.2 Å². The van der Waals surface area contributed by atoms with Crippen molar-refractivity contribution in [3.8, 4) is 5.75 Å². The Morgan fingerprint density at radius 3 is 2.75 bits per heavy atom. The number of rotatable bonds is 8. The molecule has 0 saturated carbocycles. The van der Waals surface area contributed by atoms with E-state index in [1.807, 2.05) is 66.3 Å². The maximum atomic E-state index is 12.6. The second-order valence-electron chi connectivity index (χ2n) is 6.23. The minimum absolute atomic E-state index is 0.0303. The number of thioether (sulfide) groups is 1. The Morgan fingerprint density at radius 2 is 2.07 bits per heavy atom. The van der Waals surface area contributed by atoms with Gasteiger partial charge in [0.25, 0.3) is 0 Å². The molecule has 5 nitrogen and oxygen atoms in total. The molecule has 3 rings (SSSR count). The van der Waals surface area contributed by atoms with Crippen LogP contribution in [0.1, 0.15) is 23.9 Å². The van der Waals surface area contributed by atoms with Gasteiger partial charge in [0.1, 0.15) is 17.6 Å². The fourth-order valence-electron chi connectivity index (χ4n) is 2.80. The Labute approximate surface area is 174 Å². The minimum Gasteiger partial charge on any atom is -0.497 e. The smallest absolute Gasteiger partial charge is 0.221 e. The fraction of sp³-hybridized carbons (Fsp3) is 0.238. The highest BCUT2D eigenvalue weighted by Crippen LogP contribution is 2.25. The summed E-state index contributed by atoms with van der Waals surface area (Å²) in [5.41, 5.74) is 0.923. The predicted molar refractivity (Wildman–Crippen MR) is 113 cm³/mol. The number of nitrogens with one attached hydrogen (secondary N) is 1. The molecule has 1 aromatic heterocycles. The normalized spacial score (nSPS) is 11.8. The van der Waals surface area contributed by atoms with Gasteiger partial charge in [-0.2, -0.15) is 0 Å². The Balaban J connectivity index is 1.67. The van der Waals surface area contributed by atoms with Crippen LogP contribution in [0.15, 0.2) is 65.8 Å². The molecule has 28 heavy (non-hydrogen) atoms. The second-order valence-corrected chi connectivity index (χ2v) is 7.83. The number of nitrogens with zero attached hydrogens (tertiary/aromatic N) is 2. The van der Waals surface area contributed by atoms with Crippen LogP contribution in [0, 0.1) is 0 Å². The molecule has 1 unspecified atom stereocenters. The van der Waals surface area contributed by atoms with E-state index in [1.165, 1.54) is 0 Å². The largest absolute Gasteiger partial charge is 0.497 e. The van der Waals surface area contributed by atoms with E-state index < -0.39 is 0 Å². The zero-order valence-corrected chi connectivity index (χ0v) is 17.3. The highest BCUT2D eigenvalue weighted by atomic mass is 35.5. The van der Waals surface area contributed by atoms with Gasteiger partial charge in [0.2, 0.25) is 5.91 Å². The Bertz CT molecular complexity index is 927. The number of carbonyl (C=O) groups is 1. The number of carbonyl (C=O) groups excluding carboxylic acids is 1. The van der Waals surface area contributed by atoms with Crippen molar-refractivity contribution >= 4 is 29.3 Å². The standard InChI is InChI=1S/C21H22ClN3O2S/c1-25-12-11-23-21(25)20(15-4-3-5-17(14-15)27-2)24-19(26)10-13-28-18-8-6-16(22)7-9-18/h3-9,11-12,14,20H,10,13H2,1-2H3,(H,24,26). The van der Waals surface area contributed by atoms with E-state index in [9.17, 15) is 4.79 Å². The summed E-state index contributed by atoms with van der Waals surface area (Å²) in [6.45, 7) is 0. The maximum absolute atomic E-state index is 12.6. The third-order valence-corrected chi connectivity index (χ3v) is 5.53. The van der Waals surface area contributed by atoms with Crippen LogP contribution in [0.3, 0.4) is 0 Å². The van der Waals surface area contributed by atoms with E-state index in [1.54, 1.807) is 25.1 Å². The molecular formula is C21H22ClN3O2S. The van der Waals surface area contributed by atoms with Gasteiger partial charge in [0.15, 0.2) is 0 Å². The Morgan fingerprint density at radius 1 is 1.29 bits per heavy atom. The summed E-state index contributed by atoms with van der Waals surface area (Å²) in [6.07, 6.45) is 3.99. The molecule has 1 atom stereocenters. The van der Waals surface area contributed by atoms with Crippen molar-refractivity contribution in [2.75, 3.05) is 12.9 Å². The first-order valence-corrected chi connectivity index (χ1v) is 10.2. The highest BCUT2D eigenvalue weighted by Gasteiger charge is 2.21. The molecule has 0 spiro atoms. The molecule has 0 aliphatic heterocycles. The number of hydrogen-bond acceptors (Lipinski definition) is 4. The lowest BCUT2D eigenvalue weighted by Crippen LogP contribution is -2.31. The van der Waals surface area contributed by atoms with Gasteiger partial charge in [-0.25, -0.2) is 4.98 Å². The van der Waals surface area contributed by atoms with Gasteiger partial charge in [-0.15, -0.1) is 11.8 Å². The van der Waals surface area contributed by atoms with Gasteiger partial charge < -0.3 is 14.6 Å². The highest BCUT2D eigenvalue weighted by molar-refractivity contribution is 7.99. The van der Waals surface area contributed by atoms with Crippen molar-refractivity contribution < 1.29 is 9.53 Å². The molecule has 1 heterocycles. The molecule has 0 bridgehead atoms. The molecule has 0 saturated heterocycles. The third kappa shape index (κ3) is 5.30. The number of methoxy groups -OCH3 is 1. The van der Waals surface area contributed by atoms with Crippen molar-refractivity contribution in [2.45, 2.75) is 17.4 Å².